The number of aliphatic carboxylic acids is 1. The summed E-state index contributed by atoms with van der Waals surface area (Å²) in [5.41, 5.74) is -1.66. The van der Waals surface area contributed by atoms with Gasteiger partial charge in [-0.25, -0.2) is 0 Å². The molecule has 0 saturated carbocycles. The maximum absolute atomic E-state index is 12.6. The average Bonchev–Trinajstić information content (AvgIpc) is 2.64. The van der Waals surface area contributed by atoms with Crippen LogP contribution in [0.5, 0.6) is 0 Å². The average molecular weight is 364 g/mol. The molecular weight excluding hydrogens is 334 g/mol. The zero-order valence-corrected chi connectivity index (χ0v) is 15.6. The zero-order valence-electron chi connectivity index (χ0n) is 14.8. The molecule has 1 aromatic rings. The summed E-state index contributed by atoms with van der Waals surface area (Å²) in [5, 5.41) is 21.9. The van der Waals surface area contributed by atoms with Gasteiger partial charge >= 0.3 is 5.97 Å². The topological polar surface area (TPSA) is 60.8 Å². The first kappa shape index (κ1) is 18.7. The van der Waals surface area contributed by atoms with E-state index < -0.39 is 17.0 Å². The first-order valence-electron chi connectivity index (χ1n) is 9.40. The standard InChI is InChI=1S/C20H29NO3S/c22-18(23)20(17-7-3-1-4-8-17,19(24)10-15-25-16-11-19)9-14-21-12-5-2-6-13-21/h1,3-4,7-8,24H,2,5-6,9-16H2,(H,22,23). The molecule has 2 aliphatic heterocycles. The van der Waals surface area contributed by atoms with Crippen molar-refractivity contribution >= 4 is 17.7 Å². The molecule has 2 N–H and O–H groups in total. The molecule has 3 rings (SSSR count). The highest BCUT2D eigenvalue weighted by Gasteiger charge is 2.57. The molecule has 25 heavy (non-hydrogen) atoms. The molecule has 0 bridgehead atoms. The molecule has 2 aliphatic rings. The van der Waals surface area contributed by atoms with Crippen LogP contribution in [0.4, 0.5) is 0 Å². The van der Waals surface area contributed by atoms with Gasteiger partial charge in [0.1, 0.15) is 5.41 Å². The number of piperidine rings is 1. The van der Waals surface area contributed by atoms with Crippen LogP contribution in [-0.2, 0) is 10.2 Å². The number of hydrogen-bond acceptors (Lipinski definition) is 4. The molecule has 0 radical (unpaired) electrons. The van der Waals surface area contributed by atoms with Crippen molar-refractivity contribution < 1.29 is 15.0 Å². The van der Waals surface area contributed by atoms with Crippen LogP contribution in [0.3, 0.4) is 0 Å². The second-order valence-corrected chi connectivity index (χ2v) is 8.60. The van der Waals surface area contributed by atoms with E-state index in [1.165, 1.54) is 19.3 Å². The Morgan fingerprint density at radius 1 is 1.12 bits per heavy atom. The van der Waals surface area contributed by atoms with Crippen molar-refractivity contribution in [3.8, 4) is 0 Å². The van der Waals surface area contributed by atoms with Crippen LogP contribution in [0.25, 0.3) is 0 Å². The lowest BCUT2D eigenvalue weighted by Crippen LogP contribution is -2.59. The van der Waals surface area contributed by atoms with Crippen LogP contribution >= 0.6 is 11.8 Å². The van der Waals surface area contributed by atoms with Crippen LogP contribution in [0.1, 0.15) is 44.1 Å². The Labute approximate surface area is 154 Å². The van der Waals surface area contributed by atoms with Crippen LogP contribution < -0.4 is 0 Å². The predicted octanol–water partition coefficient (Wildman–Crippen LogP) is 3.14. The number of thioether (sulfide) groups is 1. The molecule has 0 amide bonds. The monoisotopic (exact) mass is 363 g/mol. The van der Waals surface area contributed by atoms with Crippen molar-refractivity contribution in [1.29, 1.82) is 0 Å². The molecule has 2 saturated heterocycles. The first-order chi connectivity index (χ1) is 12.1. The molecule has 2 fully saturated rings. The van der Waals surface area contributed by atoms with Crippen LogP contribution in [-0.4, -0.2) is 57.8 Å². The fourth-order valence-electron chi connectivity index (χ4n) is 4.44. The second-order valence-electron chi connectivity index (χ2n) is 7.37. The first-order valence-corrected chi connectivity index (χ1v) is 10.6. The molecule has 1 unspecified atom stereocenters. The molecule has 1 atom stereocenters. The van der Waals surface area contributed by atoms with E-state index in [9.17, 15) is 15.0 Å². The molecule has 1 aromatic carbocycles. The summed E-state index contributed by atoms with van der Waals surface area (Å²) >= 11 is 1.80. The molecule has 0 aromatic heterocycles. The number of aliphatic hydroxyl groups is 1. The van der Waals surface area contributed by atoms with Gasteiger partial charge in [0.15, 0.2) is 0 Å². The summed E-state index contributed by atoms with van der Waals surface area (Å²) in [5.74, 6) is 0.759. The molecule has 0 spiro atoms. The van der Waals surface area contributed by atoms with E-state index in [1.807, 2.05) is 30.3 Å². The van der Waals surface area contributed by atoms with Gasteiger partial charge < -0.3 is 15.1 Å². The summed E-state index contributed by atoms with van der Waals surface area (Å²) in [6.07, 6.45) is 5.18. The normalized spacial score (nSPS) is 23.7. The molecule has 4 nitrogen and oxygen atoms in total. The lowest BCUT2D eigenvalue weighted by molar-refractivity contribution is -0.159. The van der Waals surface area contributed by atoms with E-state index >= 15 is 0 Å². The number of rotatable bonds is 6. The zero-order chi connectivity index (χ0) is 17.8. The number of benzene rings is 1. The maximum atomic E-state index is 12.6. The molecule has 5 heteroatoms. The minimum absolute atomic E-state index is 0.466. The number of nitrogens with zero attached hydrogens (tertiary/aromatic N) is 1. The van der Waals surface area contributed by atoms with E-state index in [4.69, 9.17) is 0 Å². The molecule has 2 heterocycles. The Morgan fingerprint density at radius 2 is 1.76 bits per heavy atom. The summed E-state index contributed by atoms with van der Waals surface area (Å²) in [6.45, 7) is 2.81. The van der Waals surface area contributed by atoms with Crippen molar-refractivity contribution in [2.75, 3.05) is 31.1 Å². The third kappa shape index (κ3) is 3.74. The highest BCUT2D eigenvalue weighted by Crippen LogP contribution is 2.46. The number of carboxylic acids is 1. The third-order valence-corrected chi connectivity index (χ3v) is 6.98. The van der Waals surface area contributed by atoms with E-state index in [2.05, 4.69) is 4.90 Å². The lowest BCUT2D eigenvalue weighted by atomic mass is 9.62. The van der Waals surface area contributed by atoms with Gasteiger partial charge in [-0.1, -0.05) is 36.8 Å². The Bertz CT molecular complexity index is 568. The van der Waals surface area contributed by atoms with Crippen LogP contribution in [0, 0.1) is 0 Å². The van der Waals surface area contributed by atoms with E-state index in [-0.39, 0.29) is 0 Å². The number of hydrogen-bond donors (Lipinski definition) is 2. The minimum atomic E-state index is -1.23. The van der Waals surface area contributed by atoms with E-state index in [0.717, 1.165) is 36.7 Å². The van der Waals surface area contributed by atoms with Crippen molar-refractivity contribution in [2.45, 2.75) is 49.5 Å². The Hall–Kier alpha value is -1.04. The Balaban J connectivity index is 1.94. The predicted molar refractivity (Wildman–Crippen MR) is 102 cm³/mol. The van der Waals surface area contributed by atoms with Crippen molar-refractivity contribution in [3.05, 3.63) is 35.9 Å². The van der Waals surface area contributed by atoms with Crippen molar-refractivity contribution in [2.24, 2.45) is 0 Å². The summed E-state index contributed by atoms with van der Waals surface area (Å²) in [7, 11) is 0. The van der Waals surface area contributed by atoms with Gasteiger partial charge in [-0.2, -0.15) is 11.8 Å². The Morgan fingerprint density at radius 3 is 2.36 bits per heavy atom. The molecular formula is C20H29NO3S. The number of carbonyl (C=O) groups is 1. The molecule has 138 valence electrons. The number of carboxylic acid groups (broad SMARTS) is 1. The summed E-state index contributed by atoms with van der Waals surface area (Å²) < 4.78 is 0. The van der Waals surface area contributed by atoms with Gasteiger partial charge in [0, 0.05) is 0 Å². The van der Waals surface area contributed by atoms with E-state index in [0.29, 0.717) is 19.3 Å². The van der Waals surface area contributed by atoms with E-state index in [1.54, 1.807) is 11.8 Å². The SMILES string of the molecule is O=C(O)C(CCN1CCCCC1)(c1ccccc1)C1(O)CCSCC1. The fourth-order valence-corrected chi connectivity index (χ4v) is 5.61. The van der Waals surface area contributed by atoms with Crippen LogP contribution in [0.15, 0.2) is 30.3 Å². The van der Waals surface area contributed by atoms with Gasteiger partial charge in [-0.3, -0.25) is 4.79 Å². The summed E-state index contributed by atoms with van der Waals surface area (Å²) in [4.78, 5) is 15.0. The van der Waals surface area contributed by atoms with Crippen molar-refractivity contribution in [3.63, 3.8) is 0 Å². The van der Waals surface area contributed by atoms with Gasteiger partial charge in [0.25, 0.3) is 0 Å². The highest BCUT2D eigenvalue weighted by molar-refractivity contribution is 7.99. The Kier molecular flexibility index (Phi) is 6.08. The second kappa shape index (κ2) is 8.11. The van der Waals surface area contributed by atoms with Gasteiger partial charge in [0.05, 0.1) is 5.60 Å². The number of likely N-dealkylation sites (tertiary alicyclic amines) is 1. The minimum Gasteiger partial charge on any atom is -0.480 e. The largest absolute Gasteiger partial charge is 0.480 e. The maximum Gasteiger partial charge on any atom is 0.317 e. The van der Waals surface area contributed by atoms with Gasteiger partial charge in [-0.15, -0.1) is 0 Å². The lowest BCUT2D eigenvalue weighted by Gasteiger charge is -2.47. The summed E-state index contributed by atoms with van der Waals surface area (Å²) in [6, 6.07) is 9.43. The van der Waals surface area contributed by atoms with Crippen LogP contribution in [0.2, 0.25) is 0 Å². The molecule has 0 aliphatic carbocycles. The highest BCUT2D eigenvalue weighted by atomic mass is 32.2. The smallest absolute Gasteiger partial charge is 0.317 e. The fraction of sp³-hybridized carbons (Fsp3) is 0.650. The van der Waals surface area contributed by atoms with Gasteiger partial charge in [0.2, 0.25) is 0 Å². The quantitative estimate of drug-likeness (QED) is 0.813. The van der Waals surface area contributed by atoms with Crippen molar-refractivity contribution in [1.82, 2.24) is 4.90 Å². The van der Waals surface area contributed by atoms with Gasteiger partial charge in [-0.05, 0) is 68.8 Å². The third-order valence-electron chi connectivity index (χ3n) is 6.00.